The number of para-hydroxylation sites is 1. The standard InChI is InChI=1S/C15H20N4/c1-15(2,3)11-6-5-7-12-13(11)18-14-17-10(8-16-4)9-19(12)14/h5-7,9,16H,8H2,1-4H3,(H,17,18). The highest BCUT2D eigenvalue weighted by molar-refractivity contribution is 5.83. The number of nitrogens with zero attached hydrogens (tertiary/aromatic N) is 2. The SMILES string of the molecule is CNCc1cn2c(nc3c(C(C)(C)C)cccc32)[nH]1. The molecular formula is C15H20N4. The highest BCUT2D eigenvalue weighted by atomic mass is 15.1. The van der Waals surface area contributed by atoms with Crippen molar-refractivity contribution in [3.8, 4) is 0 Å². The third-order valence-electron chi connectivity index (χ3n) is 3.45. The number of hydrogen-bond acceptors (Lipinski definition) is 2. The van der Waals surface area contributed by atoms with Crippen LogP contribution in [0.25, 0.3) is 16.8 Å². The molecule has 0 bridgehead atoms. The van der Waals surface area contributed by atoms with Gasteiger partial charge in [-0.05, 0) is 24.1 Å². The number of rotatable bonds is 2. The van der Waals surface area contributed by atoms with E-state index in [0.29, 0.717) is 0 Å². The van der Waals surface area contributed by atoms with Crippen LogP contribution in [0.15, 0.2) is 24.4 Å². The van der Waals surface area contributed by atoms with Crippen molar-refractivity contribution in [3.63, 3.8) is 0 Å². The fourth-order valence-corrected chi connectivity index (χ4v) is 2.55. The molecule has 4 heteroatoms. The first-order chi connectivity index (χ1) is 9.00. The number of aromatic nitrogens is 3. The second-order valence-electron chi connectivity index (χ2n) is 6.04. The maximum Gasteiger partial charge on any atom is 0.212 e. The van der Waals surface area contributed by atoms with Crippen molar-refractivity contribution in [2.45, 2.75) is 32.7 Å². The Morgan fingerprint density at radius 1 is 1.32 bits per heavy atom. The van der Waals surface area contributed by atoms with Crippen LogP contribution in [0.5, 0.6) is 0 Å². The molecule has 2 heterocycles. The van der Waals surface area contributed by atoms with Crippen LogP contribution in [0.1, 0.15) is 32.0 Å². The number of nitrogens with one attached hydrogen (secondary N) is 2. The Labute approximate surface area is 112 Å². The van der Waals surface area contributed by atoms with Gasteiger partial charge in [0.15, 0.2) is 0 Å². The Morgan fingerprint density at radius 3 is 2.79 bits per heavy atom. The van der Waals surface area contributed by atoms with Gasteiger partial charge in [-0.3, -0.25) is 4.40 Å². The smallest absolute Gasteiger partial charge is 0.212 e. The Kier molecular flexibility index (Phi) is 2.64. The maximum absolute atomic E-state index is 4.76. The molecule has 19 heavy (non-hydrogen) atoms. The zero-order chi connectivity index (χ0) is 13.6. The molecule has 0 fully saturated rings. The predicted molar refractivity (Wildman–Crippen MR) is 78.5 cm³/mol. The van der Waals surface area contributed by atoms with E-state index >= 15 is 0 Å². The van der Waals surface area contributed by atoms with Crippen LogP contribution < -0.4 is 5.32 Å². The summed E-state index contributed by atoms with van der Waals surface area (Å²) in [5.41, 5.74) is 4.80. The predicted octanol–water partition coefficient (Wildman–Crippen LogP) is 2.83. The van der Waals surface area contributed by atoms with Crippen molar-refractivity contribution in [2.75, 3.05) is 7.05 Å². The summed E-state index contributed by atoms with van der Waals surface area (Å²) in [6, 6.07) is 6.41. The van der Waals surface area contributed by atoms with Crippen molar-refractivity contribution in [1.29, 1.82) is 0 Å². The molecule has 100 valence electrons. The minimum absolute atomic E-state index is 0.104. The van der Waals surface area contributed by atoms with Crippen LogP contribution >= 0.6 is 0 Å². The van der Waals surface area contributed by atoms with Crippen LogP contribution in [-0.2, 0) is 12.0 Å². The molecule has 3 aromatic rings. The average Bonchev–Trinajstić information content (AvgIpc) is 2.84. The topological polar surface area (TPSA) is 45.1 Å². The summed E-state index contributed by atoms with van der Waals surface area (Å²) in [5.74, 6) is 0.914. The van der Waals surface area contributed by atoms with E-state index in [0.717, 1.165) is 23.5 Å². The molecule has 1 aromatic carbocycles. The summed E-state index contributed by atoms with van der Waals surface area (Å²) in [5, 5.41) is 3.15. The first-order valence-corrected chi connectivity index (χ1v) is 6.64. The molecule has 0 amide bonds. The lowest BCUT2D eigenvalue weighted by atomic mass is 9.86. The van der Waals surface area contributed by atoms with Gasteiger partial charge in [-0.2, -0.15) is 0 Å². The number of benzene rings is 1. The third kappa shape index (κ3) is 1.92. The summed E-state index contributed by atoms with van der Waals surface area (Å²) >= 11 is 0. The van der Waals surface area contributed by atoms with E-state index in [1.165, 1.54) is 11.1 Å². The van der Waals surface area contributed by atoms with Gasteiger partial charge >= 0.3 is 0 Å². The molecule has 0 radical (unpaired) electrons. The number of imidazole rings is 2. The molecule has 0 unspecified atom stereocenters. The van der Waals surface area contributed by atoms with Crippen molar-refractivity contribution < 1.29 is 0 Å². The van der Waals surface area contributed by atoms with E-state index in [1.54, 1.807) is 0 Å². The Bertz CT molecular complexity index is 728. The second kappa shape index (κ2) is 4.10. The molecule has 0 saturated heterocycles. The van der Waals surface area contributed by atoms with Crippen LogP contribution in [0, 0.1) is 0 Å². The zero-order valence-electron chi connectivity index (χ0n) is 11.9. The van der Waals surface area contributed by atoms with Crippen molar-refractivity contribution in [2.24, 2.45) is 0 Å². The fourth-order valence-electron chi connectivity index (χ4n) is 2.55. The van der Waals surface area contributed by atoms with Gasteiger partial charge in [0.05, 0.1) is 11.0 Å². The van der Waals surface area contributed by atoms with Crippen molar-refractivity contribution in [1.82, 2.24) is 19.7 Å². The summed E-state index contributed by atoms with van der Waals surface area (Å²) in [6.45, 7) is 7.50. The van der Waals surface area contributed by atoms with Crippen LogP contribution in [0.3, 0.4) is 0 Å². The molecule has 3 rings (SSSR count). The van der Waals surface area contributed by atoms with E-state index in [1.807, 2.05) is 7.05 Å². The summed E-state index contributed by atoms with van der Waals surface area (Å²) < 4.78 is 2.14. The number of hydrogen-bond donors (Lipinski definition) is 2. The summed E-state index contributed by atoms with van der Waals surface area (Å²) in [4.78, 5) is 8.12. The van der Waals surface area contributed by atoms with Gasteiger partial charge in [-0.1, -0.05) is 32.9 Å². The van der Waals surface area contributed by atoms with Crippen LogP contribution in [0.2, 0.25) is 0 Å². The normalized spacial score (nSPS) is 12.6. The molecule has 0 saturated carbocycles. The Balaban J connectivity index is 2.27. The molecule has 0 aliphatic carbocycles. The minimum atomic E-state index is 0.104. The van der Waals surface area contributed by atoms with E-state index in [9.17, 15) is 0 Å². The molecule has 0 aliphatic rings. The fraction of sp³-hybridized carbons (Fsp3) is 0.400. The van der Waals surface area contributed by atoms with E-state index in [4.69, 9.17) is 4.98 Å². The number of aromatic amines is 1. The number of H-pyrrole nitrogens is 1. The van der Waals surface area contributed by atoms with E-state index < -0.39 is 0 Å². The van der Waals surface area contributed by atoms with Gasteiger partial charge in [-0.25, -0.2) is 4.98 Å². The quantitative estimate of drug-likeness (QED) is 0.740. The summed E-state index contributed by atoms with van der Waals surface area (Å²) in [6.07, 6.45) is 2.12. The Hall–Kier alpha value is -1.81. The van der Waals surface area contributed by atoms with Crippen molar-refractivity contribution >= 4 is 16.8 Å². The zero-order valence-corrected chi connectivity index (χ0v) is 11.9. The first kappa shape index (κ1) is 12.2. The molecule has 2 aromatic heterocycles. The molecular weight excluding hydrogens is 236 g/mol. The third-order valence-corrected chi connectivity index (χ3v) is 3.45. The lowest BCUT2D eigenvalue weighted by Crippen LogP contribution is -2.11. The van der Waals surface area contributed by atoms with Gasteiger partial charge in [0.1, 0.15) is 0 Å². The van der Waals surface area contributed by atoms with Crippen molar-refractivity contribution in [3.05, 3.63) is 35.7 Å². The average molecular weight is 256 g/mol. The number of fused-ring (bicyclic) bond motifs is 3. The molecule has 4 nitrogen and oxygen atoms in total. The summed E-state index contributed by atoms with van der Waals surface area (Å²) in [7, 11) is 1.94. The molecule has 0 atom stereocenters. The van der Waals surface area contributed by atoms with Gasteiger partial charge in [-0.15, -0.1) is 0 Å². The maximum atomic E-state index is 4.76. The molecule has 0 aliphatic heterocycles. The first-order valence-electron chi connectivity index (χ1n) is 6.64. The monoisotopic (exact) mass is 256 g/mol. The highest BCUT2D eigenvalue weighted by Gasteiger charge is 2.19. The second-order valence-corrected chi connectivity index (χ2v) is 6.04. The highest BCUT2D eigenvalue weighted by Crippen LogP contribution is 2.29. The van der Waals surface area contributed by atoms with Gasteiger partial charge in [0, 0.05) is 18.4 Å². The van der Waals surface area contributed by atoms with Gasteiger partial charge in [0.25, 0.3) is 0 Å². The molecule has 0 spiro atoms. The largest absolute Gasteiger partial charge is 0.326 e. The molecule has 2 N–H and O–H groups in total. The minimum Gasteiger partial charge on any atom is -0.326 e. The lowest BCUT2D eigenvalue weighted by molar-refractivity contribution is 0.595. The van der Waals surface area contributed by atoms with Gasteiger partial charge < -0.3 is 10.3 Å². The van der Waals surface area contributed by atoms with E-state index in [2.05, 4.69) is 59.9 Å². The lowest BCUT2D eigenvalue weighted by Gasteiger charge is -2.19. The van der Waals surface area contributed by atoms with Gasteiger partial charge in [0.2, 0.25) is 5.78 Å². The van der Waals surface area contributed by atoms with E-state index in [-0.39, 0.29) is 5.41 Å². The van der Waals surface area contributed by atoms with Crippen LogP contribution in [-0.4, -0.2) is 21.4 Å². The van der Waals surface area contributed by atoms with Crippen LogP contribution in [0.4, 0.5) is 0 Å². The Morgan fingerprint density at radius 2 is 2.11 bits per heavy atom.